The summed E-state index contributed by atoms with van der Waals surface area (Å²) in [6.07, 6.45) is 3.28. The van der Waals surface area contributed by atoms with Crippen LogP contribution in [0.1, 0.15) is 37.8 Å². The van der Waals surface area contributed by atoms with Crippen LogP contribution in [0.4, 0.5) is 8.78 Å². The summed E-state index contributed by atoms with van der Waals surface area (Å²) >= 11 is 0. The Morgan fingerprint density at radius 1 is 1.23 bits per heavy atom. The summed E-state index contributed by atoms with van der Waals surface area (Å²) in [6, 6.07) is 3.85. The zero-order chi connectivity index (χ0) is 22.2. The molecular weight excluding hydrogens is 400 g/mol. The standard InChI is InChI=1S/C23H37F2N5O/c1-4-26-23(27-14-21(29(2)3)22-19(24)6-5-7-20(22)25)28-18-8-11-30(12-9-18)15-17-10-13-31-16-17/h5-7,17-18,21H,4,8-16H2,1-3H3,(H2,26,27,28). The van der Waals surface area contributed by atoms with Crippen LogP contribution in [0.25, 0.3) is 0 Å². The molecule has 2 atom stereocenters. The second-order valence-corrected chi connectivity index (χ2v) is 8.78. The van der Waals surface area contributed by atoms with Crippen molar-refractivity contribution in [2.24, 2.45) is 10.9 Å². The van der Waals surface area contributed by atoms with Gasteiger partial charge in [0, 0.05) is 44.4 Å². The third-order valence-electron chi connectivity index (χ3n) is 6.19. The zero-order valence-corrected chi connectivity index (χ0v) is 19.0. The minimum Gasteiger partial charge on any atom is -0.381 e. The highest BCUT2D eigenvalue weighted by atomic mass is 19.1. The lowest BCUT2D eigenvalue weighted by Gasteiger charge is -2.34. The first-order valence-electron chi connectivity index (χ1n) is 11.4. The Bertz CT molecular complexity index is 696. The van der Waals surface area contributed by atoms with E-state index < -0.39 is 17.7 Å². The summed E-state index contributed by atoms with van der Waals surface area (Å²) in [5.74, 6) is 0.303. The lowest BCUT2D eigenvalue weighted by Crippen LogP contribution is -2.49. The summed E-state index contributed by atoms with van der Waals surface area (Å²) in [5, 5.41) is 6.81. The molecule has 2 saturated heterocycles. The number of halogens is 2. The number of hydrogen-bond donors (Lipinski definition) is 2. The van der Waals surface area contributed by atoms with Gasteiger partial charge in [-0.2, -0.15) is 0 Å². The summed E-state index contributed by atoms with van der Waals surface area (Å²) < 4.78 is 34.2. The largest absolute Gasteiger partial charge is 0.381 e. The molecule has 2 heterocycles. The van der Waals surface area contributed by atoms with Gasteiger partial charge in [-0.05, 0) is 58.3 Å². The number of benzene rings is 1. The maximum absolute atomic E-state index is 14.3. The molecule has 0 spiro atoms. The van der Waals surface area contributed by atoms with E-state index in [9.17, 15) is 8.78 Å². The molecule has 3 rings (SSSR count). The lowest BCUT2D eigenvalue weighted by atomic mass is 10.0. The third kappa shape index (κ3) is 6.85. The number of rotatable bonds is 8. The predicted octanol–water partition coefficient (Wildman–Crippen LogP) is 2.62. The van der Waals surface area contributed by atoms with Gasteiger partial charge >= 0.3 is 0 Å². The lowest BCUT2D eigenvalue weighted by molar-refractivity contribution is 0.150. The number of piperidine rings is 1. The molecule has 2 unspecified atom stereocenters. The second kappa shape index (κ2) is 11.7. The quantitative estimate of drug-likeness (QED) is 0.484. The van der Waals surface area contributed by atoms with Crippen LogP contribution in [-0.2, 0) is 4.74 Å². The van der Waals surface area contributed by atoms with Crippen molar-refractivity contribution in [3.63, 3.8) is 0 Å². The fraction of sp³-hybridized carbons (Fsp3) is 0.696. The van der Waals surface area contributed by atoms with Crippen LogP contribution in [0.3, 0.4) is 0 Å². The summed E-state index contributed by atoms with van der Waals surface area (Å²) in [5.41, 5.74) is 0.0660. The normalized spacial score (nSPS) is 22.1. The molecule has 0 bridgehead atoms. The van der Waals surface area contributed by atoms with E-state index in [1.54, 1.807) is 4.90 Å². The summed E-state index contributed by atoms with van der Waals surface area (Å²) in [4.78, 5) is 9.02. The molecule has 0 radical (unpaired) electrons. The van der Waals surface area contributed by atoms with Gasteiger partial charge in [-0.1, -0.05) is 6.07 Å². The van der Waals surface area contributed by atoms with Crippen LogP contribution in [-0.4, -0.2) is 81.8 Å². The Hall–Kier alpha value is -1.77. The van der Waals surface area contributed by atoms with E-state index in [1.807, 2.05) is 21.0 Å². The van der Waals surface area contributed by atoms with Crippen LogP contribution in [0.5, 0.6) is 0 Å². The summed E-state index contributed by atoms with van der Waals surface area (Å²) in [6.45, 7) is 8.06. The Morgan fingerprint density at radius 3 is 2.52 bits per heavy atom. The van der Waals surface area contributed by atoms with E-state index in [1.165, 1.54) is 24.6 Å². The van der Waals surface area contributed by atoms with E-state index >= 15 is 0 Å². The van der Waals surface area contributed by atoms with E-state index in [-0.39, 0.29) is 12.1 Å². The molecule has 2 aliphatic rings. The second-order valence-electron chi connectivity index (χ2n) is 8.78. The SMILES string of the molecule is CCNC(=NCC(c1c(F)cccc1F)N(C)C)NC1CCN(CC2CCOC2)CC1. The summed E-state index contributed by atoms with van der Waals surface area (Å²) in [7, 11) is 3.63. The topological polar surface area (TPSA) is 52.1 Å². The first-order valence-corrected chi connectivity index (χ1v) is 11.4. The van der Waals surface area contributed by atoms with Crippen LogP contribution in [0.2, 0.25) is 0 Å². The molecule has 0 aromatic heterocycles. The molecule has 1 aromatic carbocycles. The monoisotopic (exact) mass is 437 g/mol. The van der Waals surface area contributed by atoms with Crippen LogP contribution < -0.4 is 10.6 Å². The number of aliphatic imine (C=N–C) groups is 1. The third-order valence-corrected chi connectivity index (χ3v) is 6.19. The number of ether oxygens (including phenoxy) is 1. The number of hydrogen-bond acceptors (Lipinski definition) is 4. The van der Waals surface area contributed by atoms with Crippen LogP contribution in [0.15, 0.2) is 23.2 Å². The average Bonchev–Trinajstić information content (AvgIpc) is 3.24. The highest BCUT2D eigenvalue weighted by Gasteiger charge is 2.25. The van der Waals surface area contributed by atoms with Crippen molar-refractivity contribution in [2.45, 2.75) is 38.3 Å². The number of guanidine groups is 1. The molecule has 31 heavy (non-hydrogen) atoms. The minimum absolute atomic E-state index is 0.0660. The Labute approximate surface area is 185 Å². The molecule has 0 saturated carbocycles. The fourth-order valence-electron chi connectivity index (χ4n) is 4.39. The van der Waals surface area contributed by atoms with E-state index in [2.05, 4.69) is 20.5 Å². The number of nitrogens with one attached hydrogen (secondary N) is 2. The Morgan fingerprint density at radius 2 is 1.94 bits per heavy atom. The van der Waals surface area contributed by atoms with Gasteiger partial charge in [0.05, 0.1) is 19.2 Å². The van der Waals surface area contributed by atoms with Gasteiger partial charge in [0.1, 0.15) is 11.6 Å². The molecule has 2 aliphatic heterocycles. The number of likely N-dealkylation sites (N-methyl/N-ethyl adjacent to an activating group) is 1. The predicted molar refractivity (Wildman–Crippen MR) is 120 cm³/mol. The maximum Gasteiger partial charge on any atom is 0.191 e. The molecule has 2 fully saturated rings. The van der Waals surface area contributed by atoms with Gasteiger partial charge in [0.2, 0.25) is 0 Å². The van der Waals surface area contributed by atoms with E-state index in [0.717, 1.165) is 52.2 Å². The molecule has 2 N–H and O–H groups in total. The highest BCUT2D eigenvalue weighted by Crippen LogP contribution is 2.25. The van der Waals surface area contributed by atoms with Gasteiger partial charge in [-0.15, -0.1) is 0 Å². The van der Waals surface area contributed by atoms with Gasteiger partial charge in [-0.3, -0.25) is 4.99 Å². The molecule has 8 heteroatoms. The molecule has 174 valence electrons. The van der Waals surface area contributed by atoms with Crippen LogP contribution >= 0.6 is 0 Å². The molecule has 0 amide bonds. The smallest absolute Gasteiger partial charge is 0.191 e. The zero-order valence-electron chi connectivity index (χ0n) is 19.0. The van der Waals surface area contributed by atoms with E-state index in [0.29, 0.717) is 17.9 Å². The maximum atomic E-state index is 14.3. The van der Waals surface area contributed by atoms with Gasteiger partial charge in [0.25, 0.3) is 0 Å². The van der Waals surface area contributed by atoms with Gasteiger partial charge in [-0.25, -0.2) is 8.78 Å². The van der Waals surface area contributed by atoms with Gasteiger partial charge in [0.15, 0.2) is 5.96 Å². The average molecular weight is 438 g/mol. The van der Waals surface area contributed by atoms with Crippen LogP contribution in [0, 0.1) is 17.6 Å². The number of nitrogens with zero attached hydrogens (tertiary/aromatic N) is 3. The van der Waals surface area contributed by atoms with Crippen molar-refractivity contribution < 1.29 is 13.5 Å². The highest BCUT2D eigenvalue weighted by molar-refractivity contribution is 5.80. The first kappa shape index (κ1) is 23.9. The van der Waals surface area contributed by atoms with E-state index in [4.69, 9.17) is 4.74 Å². The fourth-order valence-corrected chi connectivity index (χ4v) is 4.39. The molecular formula is C23H37F2N5O. The van der Waals surface area contributed by atoms with Crippen molar-refractivity contribution >= 4 is 5.96 Å². The first-order chi connectivity index (χ1) is 15.0. The van der Waals surface area contributed by atoms with Crippen molar-refractivity contribution in [1.29, 1.82) is 0 Å². The van der Waals surface area contributed by atoms with Gasteiger partial charge < -0.3 is 25.2 Å². The minimum atomic E-state index is -0.535. The van der Waals surface area contributed by atoms with Crippen molar-refractivity contribution in [3.05, 3.63) is 35.4 Å². The van der Waals surface area contributed by atoms with Crippen molar-refractivity contribution in [3.8, 4) is 0 Å². The number of likely N-dealkylation sites (tertiary alicyclic amines) is 1. The molecule has 1 aromatic rings. The Balaban J connectivity index is 1.58. The van der Waals surface area contributed by atoms with Crippen molar-refractivity contribution in [2.75, 3.05) is 60.0 Å². The van der Waals surface area contributed by atoms with Crippen molar-refractivity contribution in [1.82, 2.24) is 20.4 Å². The molecule has 6 nitrogen and oxygen atoms in total. The Kier molecular flexibility index (Phi) is 9.04. The molecule has 0 aliphatic carbocycles.